The van der Waals surface area contributed by atoms with Crippen LogP contribution in [0.4, 0.5) is 0 Å². The quantitative estimate of drug-likeness (QED) is 0.311. The van der Waals surface area contributed by atoms with E-state index >= 15 is 0 Å². The summed E-state index contributed by atoms with van der Waals surface area (Å²) in [5.41, 5.74) is 4.78. The molecule has 1 N–H and O–H groups in total. The summed E-state index contributed by atoms with van der Waals surface area (Å²) in [6.45, 7) is 3.78. The van der Waals surface area contributed by atoms with Gasteiger partial charge in [0.15, 0.2) is 5.76 Å². The number of hydrogen-bond acceptors (Lipinski definition) is 4. The van der Waals surface area contributed by atoms with Crippen LogP contribution in [0, 0.1) is 6.92 Å². The molecular formula is C29H29NO4S. The van der Waals surface area contributed by atoms with Crippen molar-refractivity contribution in [2.75, 3.05) is 6.26 Å². The maximum atomic E-state index is 12.0. The van der Waals surface area contributed by atoms with Crippen LogP contribution in [0.3, 0.4) is 0 Å². The van der Waals surface area contributed by atoms with Crippen molar-refractivity contribution in [3.8, 4) is 22.5 Å². The van der Waals surface area contributed by atoms with Crippen LogP contribution in [-0.2, 0) is 21.4 Å². The highest BCUT2D eigenvalue weighted by Gasteiger charge is 2.51. The summed E-state index contributed by atoms with van der Waals surface area (Å²) in [7, 11) is 0. The monoisotopic (exact) mass is 487 g/mol. The van der Waals surface area contributed by atoms with Crippen LogP contribution >= 0.6 is 0 Å². The van der Waals surface area contributed by atoms with Crippen molar-refractivity contribution in [1.29, 1.82) is 0 Å². The number of aromatic nitrogens is 1. The molecule has 4 aromatic rings. The largest absolute Gasteiger partial charge is 0.616 e. The highest BCUT2D eigenvalue weighted by Crippen LogP contribution is 2.48. The average molecular weight is 488 g/mol. The Labute approximate surface area is 209 Å². The lowest BCUT2D eigenvalue weighted by Gasteiger charge is -2.14. The molecule has 1 saturated carbocycles. The molecule has 0 amide bonds. The fraction of sp³-hybridized carbons (Fsp3) is 0.241. The summed E-state index contributed by atoms with van der Waals surface area (Å²) in [6.07, 6.45) is 3.09. The summed E-state index contributed by atoms with van der Waals surface area (Å²) in [6, 6.07) is 27.7. The van der Waals surface area contributed by atoms with Gasteiger partial charge in [-0.1, -0.05) is 90.1 Å². The number of hydrogen-bond donors (Lipinski definition) is 1. The van der Waals surface area contributed by atoms with Crippen molar-refractivity contribution in [2.24, 2.45) is 0 Å². The van der Waals surface area contributed by atoms with Crippen molar-refractivity contribution in [1.82, 2.24) is 5.16 Å². The smallest absolute Gasteiger partial charge is 0.314 e. The summed E-state index contributed by atoms with van der Waals surface area (Å²) in [4.78, 5) is 11.5. The fourth-order valence-electron chi connectivity index (χ4n) is 4.16. The second kappa shape index (κ2) is 10.5. The first-order chi connectivity index (χ1) is 16.8. The van der Waals surface area contributed by atoms with Crippen LogP contribution in [0.25, 0.3) is 22.5 Å². The molecule has 1 heterocycles. The van der Waals surface area contributed by atoms with Crippen LogP contribution in [0.1, 0.15) is 41.8 Å². The van der Waals surface area contributed by atoms with E-state index in [1.807, 2.05) is 98.8 Å². The van der Waals surface area contributed by atoms with E-state index < -0.39 is 22.6 Å². The standard InChI is InChI=1S/C23H23NO4S.C6H6/c1-14-20(15(2)29(3)27)21(28-24-14)18-6-4-16(5-7-18)17-8-10-19(11-9-17)23(12-13-23)22(25)26;1-2-4-6-5-3-1/h4-11,15H,12-13H2,1-3H3,(H,25,26);1-6H. The summed E-state index contributed by atoms with van der Waals surface area (Å²) in [5.74, 6) is -0.0840. The van der Waals surface area contributed by atoms with Gasteiger partial charge in [-0.05, 0) is 54.6 Å². The molecule has 2 unspecified atom stereocenters. The van der Waals surface area contributed by atoms with E-state index in [0.717, 1.165) is 33.5 Å². The molecule has 6 heteroatoms. The zero-order chi connectivity index (χ0) is 25.0. The molecule has 2 atom stereocenters. The minimum absolute atomic E-state index is 0.160. The first-order valence-electron chi connectivity index (χ1n) is 11.6. The van der Waals surface area contributed by atoms with Gasteiger partial charge >= 0.3 is 5.97 Å². The molecular weight excluding hydrogens is 458 g/mol. The molecule has 35 heavy (non-hydrogen) atoms. The zero-order valence-electron chi connectivity index (χ0n) is 20.1. The van der Waals surface area contributed by atoms with Gasteiger partial charge in [0.2, 0.25) is 0 Å². The lowest BCUT2D eigenvalue weighted by atomic mass is 9.93. The Morgan fingerprint density at radius 3 is 1.83 bits per heavy atom. The predicted molar refractivity (Wildman–Crippen MR) is 140 cm³/mol. The van der Waals surface area contributed by atoms with Crippen LogP contribution < -0.4 is 0 Å². The maximum absolute atomic E-state index is 12.0. The summed E-state index contributed by atoms with van der Waals surface area (Å²) < 4.78 is 17.5. The predicted octanol–water partition coefficient (Wildman–Crippen LogP) is 6.56. The highest BCUT2D eigenvalue weighted by atomic mass is 32.2. The Bertz CT molecular complexity index is 1230. The second-order valence-corrected chi connectivity index (χ2v) is 10.6. The Balaban J connectivity index is 0.000000421. The molecule has 0 saturated heterocycles. The summed E-state index contributed by atoms with van der Waals surface area (Å²) in [5, 5.41) is 13.4. The Morgan fingerprint density at radius 1 is 0.943 bits per heavy atom. The molecule has 0 spiro atoms. The maximum Gasteiger partial charge on any atom is 0.314 e. The van der Waals surface area contributed by atoms with E-state index in [2.05, 4.69) is 5.16 Å². The van der Waals surface area contributed by atoms with Crippen LogP contribution in [-0.4, -0.2) is 27.0 Å². The second-order valence-electron chi connectivity index (χ2n) is 8.85. The first kappa shape index (κ1) is 24.8. The first-order valence-corrected chi connectivity index (χ1v) is 13.2. The summed E-state index contributed by atoms with van der Waals surface area (Å²) >= 11 is -1.02. The minimum atomic E-state index is -1.02. The Hall–Kier alpha value is -3.35. The van der Waals surface area contributed by atoms with Crippen molar-refractivity contribution in [3.05, 3.63) is 102 Å². The third kappa shape index (κ3) is 5.34. The molecule has 5 nitrogen and oxygen atoms in total. The number of carboxylic acids is 1. The molecule has 1 fully saturated rings. The van der Waals surface area contributed by atoms with Crippen molar-refractivity contribution >= 4 is 17.1 Å². The van der Waals surface area contributed by atoms with E-state index in [-0.39, 0.29) is 5.25 Å². The van der Waals surface area contributed by atoms with E-state index in [1.165, 1.54) is 0 Å². The van der Waals surface area contributed by atoms with Gasteiger partial charge in [-0.15, -0.1) is 0 Å². The lowest BCUT2D eigenvalue weighted by molar-refractivity contribution is -0.140. The van der Waals surface area contributed by atoms with Gasteiger partial charge in [0.1, 0.15) is 5.25 Å². The van der Waals surface area contributed by atoms with Gasteiger partial charge in [-0.3, -0.25) is 4.79 Å². The molecule has 180 valence electrons. The topological polar surface area (TPSA) is 86.4 Å². The third-order valence-electron chi connectivity index (χ3n) is 6.56. The lowest BCUT2D eigenvalue weighted by Crippen LogP contribution is -2.19. The molecule has 0 radical (unpaired) electrons. The number of carbonyl (C=O) groups is 1. The number of nitrogens with zero attached hydrogens (tertiary/aromatic N) is 1. The van der Waals surface area contributed by atoms with Gasteiger partial charge in [-0.2, -0.15) is 0 Å². The highest BCUT2D eigenvalue weighted by molar-refractivity contribution is 7.90. The van der Waals surface area contributed by atoms with Gasteiger partial charge in [0.25, 0.3) is 0 Å². The van der Waals surface area contributed by atoms with Crippen molar-refractivity contribution in [2.45, 2.75) is 37.4 Å². The van der Waals surface area contributed by atoms with E-state index in [9.17, 15) is 14.5 Å². The normalized spacial score (nSPS) is 15.4. The van der Waals surface area contributed by atoms with E-state index in [4.69, 9.17) is 4.52 Å². The SMILES string of the molecule is Cc1noc(-c2ccc(-c3ccc(C4(C(=O)O)CC4)cc3)cc2)c1C(C)[S+](C)[O-].c1ccccc1. The van der Waals surface area contributed by atoms with Crippen molar-refractivity contribution < 1.29 is 19.0 Å². The molecule has 0 aliphatic heterocycles. The van der Waals surface area contributed by atoms with Crippen molar-refractivity contribution in [3.63, 3.8) is 0 Å². The molecule has 1 aliphatic carbocycles. The number of aliphatic carboxylic acids is 1. The Kier molecular flexibility index (Phi) is 7.43. The van der Waals surface area contributed by atoms with Crippen LogP contribution in [0.2, 0.25) is 0 Å². The minimum Gasteiger partial charge on any atom is -0.616 e. The zero-order valence-corrected chi connectivity index (χ0v) is 20.9. The molecule has 1 aliphatic rings. The van der Waals surface area contributed by atoms with Gasteiger partial charge in [0.05, 0.1) is 22.9 Å². The number of rotatable bonds is 6. The molecule has 3 aromatic carbocycles. The molecule has 0 bridgehead atoms. The van der Waals surface area contributed by atoms with Gasteiger partial charge in [0, 0.05) is 5.56 Å². The fourth-order valence-corrected chi connectivity index (χ4v) is 4.77. The van der Waals surface area contributed by atoms with E-state index in [1.54, 1.807) is 6.26 Å². The van der Waals surface area contributed by atoms with E-state index in [0.29, 0.717) is 18.6 Å². The molecule has 5 rings (SSSR count). The molecule has 1 aromatic heterocycles. The number of carboxylic acid groups (broad SMARTS) is 1. The van der Waals surface area contributed by atoms with Crippen LogP contribution in [0.15, 0.2) is 89.5 Å². The number of aryl methyl sites for hydroxylation is 1. The van der Waals surface area contributed by atoms with Gasteiger partial charge in [-0.25, -0.2) is 0 Å². The van der Waals surface area contributed by atoms with Gasteiger partial charge < -0.3 is 14.2 Å². The third-order valence-corrected chi connectivity index (χ3v) is 7.79. The Morgan fingerprint density at radius 2 is 1.40 bits per heavy atom. The average Bonchev–Trinajstić information content (AvgIpc) is 3.62. The van der Waals surface area contributed by atoms with Crippen LogP contribution in [0.5, 0.6) is 0 Å². The number of benzene rings is 3.